The number of hydrogen-bond acceptors (Lipinski definition) is 1. The standard InChI is InChI=1S/C9H16O2/c1-7-3-2-4-8(5-7)6-9(10)11/h7-8H,2-6H2,1H3,(H,10,11)/t7-,8-/m1/s1. The molecule has 1 aliphatic carbocycles. The Morgan fingerprint density at radius 1 is 1.55 bits per heavy atom. The molecule has 1 rings (SSSR count). The molecule has 1 fully saturated rings. The molecule has 0 bridgehead atoms. The van der Waals surface area contributed by atoms with Gasteiger partial charge in [-0.25, -0.2) is 0 Å². The number of carboxylic acid groups (broad SMARTS) is 1. The van der Waals surface area contributed by atoms with Crippen molar-refractivity contribution < 1.29 is 9.90 Å². The van der Waals surface area contributed by atoms with Crippen LogP contribution in [0.2, 0.25) is 0 Å². The van der Waals surface area contributed by atoms with E-state index in [1.54, 1.807) is 0 Å². The van der Waals surface area contributed by atoms with Crippen molar-refractivity contribution in [1.29, 1.82) is 0 Å². The Hall–Kier alpha value is -0.530. The lowest BCUT2D eigenvalue weighted by Gasteiger charge is -2.25. The predicted octanol–water partition coefficient (Wildman–Crippen LogP) is 2.29. The van der Waals surface area contributed by atoms with E-state index < -0.39 is 5.97 Å². The second-order valence-electron chi connectivity index (χ2n) is 3.74. The molecule has 11 heavy (non-hydrogen) atoms. The minimum Gasteiger partial charge on any atom is -0.481 e. The fourth-order valence-electron chi connectivity index (χ4n) is 1.99. The summed E-state index contributed by atoms with van der Waals surface area (Å²) in [6, 6.07) is 0. The van der Waals surface area contributed by atoms with Gasteiger partial charge in [-0.2, -0.15) is 0 Å². The molecule has 2 atom stereocenters. The Morgan fingerprint density at radius 2 is 2.27 bits per heavy atom. The third-order valence-electron chi connectivity index (χ3n) is 2.51. The number of rotatable bonds is 2. The molecule has 0 unspecified atom stereocenters. The van der Waals surface area contributed by atoms with E-state index in [1.165, 1.54) is 12.8 Å². The molecule has 0 aliphatic heterocycles. The smallest absolute Gasteiger partial charge is 0.303 e. The van der Waals surface area contributed by atoms with Crippen LogP contribution >= 0.6 is 0 Å². The third kappa shape index (κ3) is 2.91. The van der Waals surface area contributed by atoms with Crippen molar-refractivity contribution in [3.8, 4) is 0 Å². The van der Waals surface area contributed by atoms with E-state index in [2.05, 4.69) is 6.92 Å². The van der Waals surface area contributed by atoms with Gasteiger partial charge < -0.3 is 5.11 Å². The normalized spacial score (nSPS) is 31.7. The summed E-state index contributed by atoms with van der Waals surface area (Å²) < 4.78 is 0. The van der Waals surface area contributed by atoms with Crippen LogP contribution in [-0.2, 0) is 4.79 Å². The molecule has 0 amide bonds. The van der Waals surface area contributed by atoms with Crippen molar-refractivity contribution in [2.75, 3.05) is 0 Å². The van der Waals surface area contributed by atoms with Crippen LogP contribution in [0.3, 0.4) is 0 Å². The molecule has 0 heterocycles. The Labute approximate surface area is 67.6 Å². The van der Waals surface area contributed by atoms with Crippen molar-refractivity contribution in [1.82, 2.24) is 0 Å². The molecule has 0 aromatic rings. The molecule has 1 N–H and O–H groups in total. The van der Waals surface area contributed by atoms with E-state index in [1.807, 2.05) is 0 Å². The topological polar surface area (TPSA) is 37.3 Å². The van der Waals surface area contributed by atoms with Gasteiger partial charge in [-0.3, -0.25) is 4.79 Å². The van der Waals surface area contributed by atoms with Crippen LogP contribution in [0.15, 0.2) is 0 Å². The van der Waals surface area contributed by atoms with Gasteiger partial charge in [0, 0.05) is 6.42 Å². The summed E-state index contributed by atoms with van der Waals surface area (Å²) in [6.45, 7) is 2.22. The first-order chi connectivity index (χ1) is 5.18. The third-order valence-corrected chi connectivity index (χ3v) is 2.51. The molecule has 1 aliphatic rings. The summed E-state index contributed by atoms with van der Waals surface area (Å²) in [5.41, 5.74) is 0. The average Bonchev–Trinajstić information content (AvgIpc) is 1.85. The maximum Gasteiger partial charge on any atom is 0.303 e. The van der Waals surface area contributed by atoms with Crippen LogP contribution < -0.4 is 0 Å². The number of carboxylic acids is 1. The van der Waals surface area contributed by atoms with Gasteiger partial charge in [-0.05, 0) is 24.7 Å². The number of aliphatic carboxylic acids is 1. The highest BCUT2D eigenvalue weighted by atomic mass is 16.4. The van der Waals surface area contributed by atoms with Gasteiger partial charge in [0.15, 0.2) is 0 Å². The first-order valence-corrected chi connectivity index (χ1v) is 4.40. The monoisotopic (exact) mass is 156 g/mol. The van der Waals surface area contributed by atoms with Gasteiger partial charge in [0.05, 0.1) is 0 Å². The molecule has 2 heteroatoms. The summed E-state index contributed by atoms with van der Waals surface area (Å²) in [5, 5.41) is 8.55. The van der Waals surface area contributed by atoms with Crippen LogP contribution in [0, 0.1) is 11.8 Å². The van der Waals surface area contributed by atoms with Crippen LogP contribution in [0.25, 0.3) is 0 Å². The Bertz CT molecular complexity index is 142. The highest BCUT2D eigenvalue weighted by Gasteiger charge is 2.20. The van der Waals surface area contributed by atoms with Gasteiger partial charge in [0.1, 0.15) is 0 Å². The summed E-state index contributed by atoms with van der Waals surface area (Å²) in [4.78, 5) is 10.4. The van der Waals surface area contributed by atoms with Crippen LogP contribution in [0.5, 0.6) is 0 Å². The Kier molecular flexibility index (Phi) is 2.92. The minimum atomic E-state index is -0.635. The number of hydrogen-bond donors (Lipinski definition) is 1. The lowest BCUT2D eigenvalue weighted by Crippen LogP contribution is -2.16. The highest BCUT2D eigenvalue weighted by molar-refractivity contribution is 5.67. The molecule has 0 aromatic carbocycles. The Morgan fingerprint density at radius 3 is 2.82 bits per heavy atom. The molecular formula is C9H16O2. The first-order valence-electron chi connectivity index (χ1n) is 4.40. The molecule has 0 spiro atoms. The van der Waals surface area contributed by atoms with Gasteiger partial charge in [-0.15, -0.1) is 0 Å². The molecule has 64 valence electrons. The van der Waals surface area contributed by atoms with Crippen molar-refractivity contribution >= 4 is 5.97 Å². The van der Waals surface area contributed by atoms with Gasteiger partial charge in [0.2, 0.25) is 0 Å². The minimum absolute atomic E-state index is 0.379. The second kappa shape index (κ2) is 3.74. The van der Waals surface area contributed by atoms with E-state index >= 15 is 0 Å². The van der Waals surface area contributed by atoms with Crippen LogP contribution in [0.4, 0.5) is 0 Å². The van der Waals surface area contributed by atoms with Gasteiger partial charge in [-0.1, -0.05) is 19.8 Å². The molecular weight excluding hydrogens is 140 g/mol. The largest absolute Gasteiger partial charge is 0.481 e. The maximum absolute atomic E-state index is 10.4. The van der Waals surface area contributed by atoms with Crippen molar-refractivity contribution in [2.24, 2.45) is 11.8 Å². The summed E-state index contributed by atoms with van der Waals surface area (Å²) in [5.74, 6) is 0.563. The second-order valence-corrected chi connectivity index (χ2v) is 3.74. The fraction of sp³-hybridized carbons (Fsp3) is 0.889. The zero-order valence-electron chi connectivity index (χ0n) is 7.05. The van der Waals surface area contributed by atoms with Crippen LogP contribution in [0.1, 0.15) is 39.0 Å². The van der Waals surface area contributed by atoms with Crippen LogP contribution in [-0.4, -0.2) is 11.1 Å². The van der Waals surface area contributed by atoms with E-state index in [0.29, 0.717) is 12.3 Å². The van der Waals surface area contributed by atoms with E-state index in [0.717, 1.165) is 18.8 Å². The Balaban J connectivity index is 2.28. The first kappa shape index (κ1) is 8.57. The van der Waals surface area contributed by atoms with Crippen molar-refractivity contribution in [3.63, 3.8) is 0 Å². The van der Waals surface area contributed by atoms with E-state index in [4.69, 9.17) is 5.11 Å². The highest BCUT2D eigenvalue weighted by Crippen LogP contribution is 2.30. The van der Waals surface area contributed by atoms with Gasteiger partial charge >= 0.3 is 5.97 Å². The zero-order valence-corrected chi connectivity index (χ0v) is 7.05. The lowest BCUT2D eigenvalue weighted by molar-refractivity contribution is -0.138. The predicted molar refractivity (Wildman–Crippen MR) is 43.4 cm³/mol. The quantitative estimate of drug-likeness (QED) is 0.666. The zero-order chi connectivity index (χ0) is 8.27. The van der Waals surface area contributed by atoms with Gasteiger partial charge in [0.25, 0.3) is 0 Å². The van der Waals surface area contributed by atoms with E-state index in [-0.39, 0.29) is 0 Å². The summed E-state index contributed by atoms with van der Waals surface area (Å²) in [7, 11) is 0. The molecule has 0 radical (unpaired) electrons. The molecule has 0 aromatic heterocycles. The van der Waals surface area contributed by atoms with Crippen molar-refractivity contribution in [3.05, 3.63) is 0 Å². The van der Waals surface area contributed by atoms with Crippen molar-refractivity contribution in [2.45, 2.75) is 39.0 Å². The summed E-state index contributed by atoms with van der Waals surface area (Å²) >= 11 is 0. The average molecular weight is 156 g/mol. The fourth-order valence-corrected chi connectivity index (χ4v) is 1.99. The maximum atomic E-state index is 10.4. The SMILES string of the molecule is C[C@@H]1CCC[C@@H](CC(=O)O)C1. The molecule has 0 saturated heterocycles. The van der Waals surface area contributed by atoms with E-state index in [9.17, 15) is 4.79 Å². The number of carbonyl (C=O) groups is 1. The summed E-state index contributed by atoms with van der Waals surface area (Å²) in [6.07, 6.45) is 5.13. The molecule has 2 nitrogen and oxygen atoms in total. The lowest BCUT2D eigenvalue weighted by atomic mass is 9.81. The molecule has 1 saturated carbocycles.